The molecule has 0 radical (unpaired) electrons. The molecule has 0 aromatic heterocycles. The van der Waals surface area contributed by atoms with Gasteiger partial charge in [-0.2, -0.15) is 0 Å². The van der Waals surface area contributed by atoms with Crippen molar-refractivity contribution >= 4 is 17.4 Å². The maximum absolute atomic E-state index is 13.5. The molecule has 2 aromatic carbocycles. The second kappa shape index (κ2) is 5.45. The molecule has 0 bridgehead atoms. The van der Waals surface area contributed by atoms with Gasteiger partial charge in [-0.05, 0) is 23.8 Å². The van der Waals surface area contributed by atoms with Crippen molar-refractivity contribution < 1.29 is 18.0 Å². The fraction of sp³-hybridized carbons (Fsp3) is 0.0714. The summed E-state index contributed by atoms with van der Waals surface area (Å²) >= 11 is 5.68. The van der Waals surface area contributed by atoms with E-state index in [9.17, 15) is 18.0 Å². The van der Waals surface area contributed by atoms with Crippen LogP contribution in [0.4, 0.5) is 13.2 Å². The van der Waals surface area contributed by atoms with Crippen LogP contribution in [0.3, 0.4) is 0 Å². The Morgan fingerprint density at radius 2 is 1.68 bits per heavy atom. The normalized spacial score (nSPS) is 10.5. The fourth-order valence-electron chi connectivity index (χ4n) is 1.69. The van der Waals surface area contributed by atoms with Crippen molar-refractivity contribution in [2.24, 2.45) is 0 Å². The molecule has 0 aliphatic rings. The second-order valence-corrected chi connectivity index (χ2v) is 4.32. The third-order valence-electron chi connectivity index (χ3n) is 2.63. The van der Waals surface area contributed by atoms with Crippen molar-refractivity contribution in [3.05, 3.63) is 70.0 Å². The van der Waals surface area contributed by atoms with Crippen LogP contribution in [0.25, 0.3) is 0 Å². The average molecular weight is 285 g/mol. The quantitative estimate of drug-likeness (QED) is 0.610. The van der Waals surface area contributed by atoms with Crippen molar-refractivity contribution in [1.82, 2.24) is 0 Å². The predicted molar refractivity (Wildman–Crippen MR) is 65.8 cm³/mol. The summed E-state index contributed by atoms with van der Waals surface area (Å²) in [4.78, 5) is 11.9. The summed E-state index contributed by atoms with van der Waals surface area (Å²) in [6, 6.07) is 7.53. The number of hydrogen-bond acceptors (Lipinski definition) is 1. The van der Waals surface area contributed by atoms with Gasteiger partial charge in [-0.3, -0.25) is 4.79 Å². The highest BCUT2D eigenvalue weighted by Gasteiger charge is 2.20. The van der Waals surface area contributed by atoms with Crippen molar-refractivity contribution in [2.45, 2.75) is 6.42 Å². The lowest BCUT2D eigenvalue weighted by atomic mass is 10.0. The van der Waals surface area contributed by atoms with Crippen molar-refractivity contribution in [2.75, 3.05) is 0 Å². The minimum absolute atomic E-state index is 0.104. The van der Waals surface area contributed by atoms with Crippen LogP contribution < -0.4 is 0 Å². The first-order chi connectivity index (χ1) is 9.00. The Bertz CT molecular complexity index is 641. The third kappa shape index (κ3) is 2.79. The molecule has 0 N–H and O–H groups in total. The molecular formula is C14H8ClF3O. The first-order valence-corrected chi connectivity index (χ1v) is 5.78. The van der Waals surface area contributed by atoms with E-state index in [4.69, 9.17) is 11.6 Å². The lowest BCUT2D eigenvalue weighted by molar-refractivity contribution is 0.0987. The van der Waals surface area contributed by atoms with Gasteiger partial charge >= 0.3 is 0 Å². The molecule has 0 amide bonds. The van der Waals surface area contributed by atoms with Crippen LogP contribution in [-0.2, 0) is 6.42 Å². The molecule has 19 heavy (non-hydrogen) atoms. The van der Waals surface area contributed by atoms with E-state index >= 15 is 0 Å². The molecule has 0 saturated heterocycles. The van der Waals surface area contributed by atoms with Crippen molar-refractivity contribution in [1.29, 1.82) is 0 Å². The molecule has 98 valence electrons. The first-order valence-electron chi connectivity index (χ1n) is 5.41. The first kappa shape index (κ1) is 13.6. The van der Waals surface area contributed by atoms with Crippen LogP contribution >= 0.6 is 11.6 Å². The Labute approximate surface area is 112 Å². The minimum Gasteiger partial charge on any atom is -0.294 e. The van der Waals surface area contributed by atoms with Gasteiger partial charge in [0.15, 0.2) is 17.4 Å². The van der Waals surface area contributed by atoms with Gasteiger partial charge in [0.2, 0.25) is 0 Å². The molecule has 0 atom stereocenters. The minimum atomic E-state index is -1.31. The molecule has 0 heterocycles. The summed E-state index contributed by atoms with van der Waals surface area (Å²) in [5, 5.41) is -0.194. The van der Waals surface area contributed by atoms with E-state index in [1.807, 2.05) is 0 Å². The van der Waals surface area contributed by atoms with Crippen LogP contribution in [0.15, 0.2) is 36.4 Å². The lowest BCUT2D eigenvalue weighted by Gasteiger charge is -2.06. The van der Waals surface area contributed by atoms with E-state index < -0.39 is 28.8 Å². The van der Waals surface area contributed by atoms with Gasteiger partial charge in [-0.25, -0.2) is 13.2 Å². The number of ketones is 1. The number of carbonyl (C=O) groups excluding carboxylic acids is 1. The SMILES string of the molecule is O=C(Cc1ccccc1F)c1c(Cl)ccc(F)c1F. The Morgan fingerprint density at radius 3 is 2.37 bits per heavy atom. The largest absolute Gasteiger partial charge is 0.294 e. The fourth-order valence-corrected chi connectivity index (χ4v) is 1.94. The van der Waals surface area contributed by atoms with Crippen LogP contribution in [0.5, 0.6) is 0 Å². The van der Waals surface area contributed by atoms with Crippen LogP contribution in [0, 0.1) is 17.5 Å². The Kier molecular flexibility index (Phi) is 3.90. The molecular weight excluding hydrogens is 277 g/mol. The second-order valence-electron chi connectivity index (χ2n) is 3.91. The molecule has 0 spiro atoms. The highest BCUT2D eigenvalue weighted by Crippen LogP contribution is 2.23. The summed E-state index contributed by atoms with van der Waals surface area (Å²) in [6.07, 6.45) is -0.382. The van der Waals surface area contributed by atoms with Gasteiger partial charge in [0.05, 0.1) is 10.6 Å². The molecule has 0 aliphatic heterocycles. The summed E-state index contributed by atoms with van der Waals surface area (Å²) in [5.74, 6) is -3.83. The van der Waals surface area contributed by atoms with E-state index in [1.165, 1.54) is 18.2 Å². The summed E-state index contributed by atoms with van der Waals surface area (Å²) in [6.45, 7) is 0. The van der Waals surface area contributed by atoms with Gasteiger partial charge in [0.1, 0.15) is 5.82 Å². The van der Waals surface area contributed by atoms with E-state index in [-0.39, 0.29) is 17.0 Å². The van der Waals surface area contributed by atoms with Crippen LogP contribution in [-0.4, -0.2) is 5.78 Å². The monoisotopic (exact) mass is 284 g/mol. The molecule has 0 saturated carbocycles. The van der Waals surface area contributed by atoms with Gasteiger partial charge in [0.25, 0.3) is 0 Å². The van der Waals surface area contributed by atoms with Gasteiger partial charge in [0, 0.05) is 6.42 Å². The summed E-state index contributed by atoms with van der Waals surface area (Å²) in [5.41, 5.74) is -0.447. The summed E-state index contributed by atoms with van der Waals surface area (Å²) < 4.78 is 40.0. The number of rotatable bonds is 3. The zero-order valence-corrected chi connectivity index (χ0v) is 10.3. The van der Waals surface area contributed by atoms with Crippen LogP contribution in [0.2, 0.25) is 5.02 Å². The number of halogens is 4. The maximum Gasteiger partial charge on any atom is 0.171 e. The molecule has 2 aromatic rings. The van der Waals surface area contributed by atoms with Crippen molar-refractivity contribution in [3.8, 4) is 0 Å². The van der Waals surface area contributed by atoms with Crippen LogP contribution in [0.1, 0.15) is 15.9 Å². The Balaban J connectivity index is 2.36. The van der Waals surface area contributed by atoms with Gasteiger partial charge in [-0.15, -0.1) is 0 Å². The highest BCUT2D eigenvalue weighted by atomic mass is 35.5. The number of carbonyl (C=O) groups is 1. The van der Waals surface area contributed by atoms with Gasteiger partial charge in [-0.1, -0.05) is 29.8 Å². The number of hydrogen-bond donors (Lipinski definition) is 0. The predicted octanol–water partition coefficient (Wildman–Crippen LogP) is 4.18. The van der Waals surface area contributed by atoms with E-state index in [0.29, 0.717) is 0 Å². The maximum atomic E-state index is 13.5. The smallest absolute Gasteiger partial charge is 0.171 e. The molecule has 0 fully saturated rings. The molecule has 0 unspecified atom stereocenters. The molecule has 5 heteroatoms. The topological polar surface area (TPSA) is 17.1 Å². The van der Waals surface area contributed by atoms with E-state index in [2.05, 4.69) is 0 Å². The molecule has 0 aliphatic carbocycles. The standard InChI is InChI=1S/C14H8ClF3O/c15-9-5-6-11(17)14(18)13(9)12(19)7-8-3-1-2-4-10(8)16/h1-6H,7H2. The lowest BCUT2D eigenvalue weighted by Crippen LogP contribution is -2.09. The Hall–Kier alpha value is -1.81. The number of Topliss-reactive ketones (excluding diaryl/α,β-unsaturated/α-hetero) is 1. The molecule has 2 rings (SSSR count). The highest BCUT2D eigenvalue weighted by molar-refractivity contribution is 6.34. The van der Waals surface area contributed by atoms with E-state index in [0.717, 1.165) is 12.1 Å². The number of benzene rings is 2. The van der Waals surface area contributed by atoms with Crippen molar-refractivity contribution in [3.63, 3.8) is 0 Å². The molecule has 1 nitrogen and oxygen atoms in total. The summed E-state index contributed by atoms with van der Waals surface area (Å²) in [7, 11) is 0. The average Bonchev–Trinajstić information content (AvgIpc) is 2.37. The van der Waals surface area contributed by atoms with E-state index in [1.54, 1.807) is 6.07 Å². The zero-order chi connectivity index (χ0) is 14.0. The zero-order valence-electron chi connectivity index (χ0n) is 9.59. The third-order valence-corrected chi connectivity index (χ3v) is 2.95. The van der Waals surface area contributed by atoms with Gasteiger partial charge < -0.3 is 0 Å². The Morgan fingerprint density at radius 1 is 1.00 bits per heavy atom.